The monoisotopic (exact) mass is 322 g/mol. The summed E-state index contributed by atoms with van der Waals surface area (Å²) in [5.41, 5.74) is 2.18. The smallest absolute Gasteiger partial charge is 0.403 e. The van der Waals surface area contributed by atoms with Gasteiger partial charge in [0.05, 0.1) is 11.2 Å². The summed E-state index contributed by atoms with van der Waals surface area (Å²) in [5.74, 6) is 0.367. The van der Waals surface area contributed by atoms with Gasteiger partial charge in [-0.15, -0.1) is 0 Å². The summed E-state index contributed by atoms with van der Waals surface area (Å²) in [7, 11) is -0.134. The van der Waals surface area contributed by atoms with E-state index in [-0.39, 0.29) is 18.3 Å². The van der Waals surface area contributed by atoms with E-state index in [2.05, 4.69) is 88.4 Å². The van der Waals surface area contributed by atoms with E-state index in [9.17, 15) is 0 Å². The summed E-state index contributed by atoms with van der Waals surface area (Å²) < 4.78 is 12.3. The van der Waals surface area contributed by atoms with Crippen molar-refractivity contribution in [3.8, 4) is 0 Å². The molecule has 126 valence electrons. The largest absolute Gasteiger partial charge is 0.457 e. The van der Waals surface area contributed by atoms with E-state index in [0.717, 1.165) is 12.7 Å². The van der Waals surface area contributed by atoms with Crippen LogP contribution in [0.25, 0.3) is 0 Å². The molecule has 0 atom stereocenters. The fraction of sp³-hybridized carbons (Fsp3) is 0.429. The van der Waals surface area contributed by atoms with Gasteiger partial charge >= 0.3 is 7.12 Å². The van der Waals surface area contributed by atoms with Gasteiger partial charge < -0.3 is 9.31 Å². The van der Waals surface area contributed by atoms with Gasteiger partial charge in [0.1, 0.15) is 0 Å². The molecule has 0 amide bonds. The Morgan fingerprint density at radius 2 is 1.17 bits per heavy atom. The summed E-state index contributed by atoms with van der Waals surface area (Å²) in [6, 6.07) is 21.4. The average molecular weight is 322 g/mol. The maximum absolute atomic E-state index is 6.16. The zero-order valence-corrected chi connectivity index (χ0v) is 15.2. The van der Waals surface area contributed by atoms with Crippen molar-refractivity contribution in [2.24, 2.45) is 0 Å². The van der Waals surface area contributed by atoms with Crippen LogP contribution in [0.1, 0.15) is 51.2 Å². The Kier molecular flexibility index (Phi) is 4.84. The third kappa shape index (κ3) is 3.58. The van der Waals surface area contributed by atoms with Gasteiger partial charge in [0.25, 0.3) is 0 Å². The molecule has 3 rings (SSSR count). The molecule has 0 aromatic heterocycles. The van der Waals surface area contributed by atoms with Crippen molar-refractivity contribution in [3.05, 3.63) is 71.8 Å². The first-order valence-corrected chi connectivity index (χ1v) is 8.84. The van der Waals surface area contributed by atoms with Crippen molar-refractivity contribution >= 4 is 7.12 Å². The summed E-state index contributed by atoms with van der Waals surface area (Å²) in [4.78, 5) is 0. The van der Waals surface area contributed by atoms with Gasteiger partial charge in [-0.3, -0.25) is 0 Å². The maximum Gasteiger partial charge on any atom is 0.457 e. The number of rotatable bonds is 5. The highest BCUT2D eigenvalue weighted by Gasteiger charge is 2.50. The van der Waals surface area contributed by atoms with Crippen molar-refractivity contribution in [2.45, 2.75) is 57.6 Å². The molecule has 1 saturated heterocycles. The van der Waals surface area contributed by atoms with Crippen LogP contribution in [0.2, 0.25) is 6.32 Å². The molecular weight excluding hydrogens is 295 g/mol. The Morgan fingerprint density at radius 3 is 1.58 bits per heavy atom. The normalized spacial score (nSPS) is 19.0. The molecule has 1 heterocycles. The quantitative estimate of drug-likeness (QED) is 0.695. The zero-order chi connectivity index (χ0) is 17.2. The van der Waals surface area contributed by atoms with Crippen LogP contribution in [0, 0.1) is 0 Å². The Balaban J connectivity index is 1.75. The molecular formula is C21H27BO2. The van der Waals surface area contributed by atoms with E-state index in [4.69, 9.17) is 9.31 Å². The van der Waals surface area contributed by atoms with Crippen LogP contribution in [0.4, 0.5) is 0 Å². The van der Waals surface area contributed by atoms with Crippen molar-refractivity contribution in [2.75, 3.05) is 0 Å². The molecule has 1 fully saturated rings. The lowest BCUT2D eigenvalue weighted by Crippen LogP contribution is -2.41. The second kappa shape index (κ2) is 6.74. The second-order valence-electron chi connectivity index (χ2n) is 7.64. The molecule has 1 aliphatic rings. The molecule has 0 spiro atoms. The van der Waals surface area contributed by atoms with E-state index in [1.165, 1.54) is 11.1 Å². The van der Waals surface area contributed by atoms with Crippen molar-refractivity contribution in [3.63, 3.8) is 0 Å². The Labute approximate surface area is 146 Å². The summed E-state index contributed by atoms with van der Waals surface area (Å²) >= 11 is 0. The SMILES string of the molecule is CC1(C)OB(CCC(c2ccccc2)c2ccccc2)OC1(C)C. The molecule has 0 radical (unpaired) electrons. The molecule has 0 saturated carbocycles. The van der Waals surface area contributed by atoms with Gasteiger partial charge in [0.2, 0.25) is 0 Å². The third-order valence-electron chi connectivity index (χ3n) is 5.40. The fourth-order valence-corrected chi connectivity index (χ4v) is 3.28. The summed E-state index contributed by atoms with van der Waals surface area (Å²) in [6.07, 6.45) is 1.90. The number of hydrogen-bond donors (Lipinski definition) is 0. The molecule has 2 nitrogen and oxygen atoms in total. The van der Waals surface area contributed by atoms with Gasteiger partial charge in [0, 0.05) is 5.92 Å². The minimum absolute atomic E-state index is 0.134. The van der Waals surface area contributed by atoms with Gasteiger partial charge in [-0.2, -0.15) is 0 Å². The van der Waals surface area contributed by atoms with E-state index >= 15 is 0 Å². The minimum atomic E-state index is -0.257. The predicted molar refractivity (Wildman–Crippen MR) is 100 cm³/mol. The van der Waals surface area contributed by atoms with Gasteiger partial charge in [0.15, 0.2) is 0 Å². The Morgan fingerprint density at radius 1 is 0.750 bits per heavy atom. The molecule has 3 heteroatoms. The summed E-state index contributed by atoms with van der Waals surface area (Å²) in [6.45, 7) is 8.44. The molecule has 0 bridgehead atoms. The van der Waals surface area contributed by atoms with Gasteiger partial charge in [-0.25, -0.2) is 0 Å². The minimum Gasteiger partial charge on any atom is -0.403 e. The summed E-state index contributed by atoms with van der Waals surface area (Å²) in [5, 5.41) is 0. The highest BCUT2D eigenvalue weighted by molar-refractivity contribution is 6.45. The Bertz CT molecular complexity index is 597. The first-order chi connectivity index (χ1) is 11.4. The van der Waals surface area contributed by atoms with Crippen LogP contribution in [-0.2, 0) is 9.31 Å². The van der Waals surface area contributed by atoms with E-state index in [1.807, 2.05) is 0 Å². The Hall–Kier alpha value is -1.58. The lowest BCUT2D eigenvalue weighted by molar-refractivity contribution is 0.00578. The molecule has 1 aliphatic heterocycles. The van der Waals surface area contributed by atoms with Gasteiger partial charge in [-0.1, -0.05) is 60.7 Å². The number of hydrogen-bond acceptors (Lipinski definition) is 2. The van der Waals surface area contributed by atoms with Crippen molar-refractivity contribution in [1.82, 2.24) is 0 Å². The van der Waals surface area contributed by atoms with Crippen LogP contribution in [0.5, 0.6) is 0 Å². The van der Waals surface area contributed by atoms with Crippen LogP contribution < -0.4 is 0 Å². The van der Waals surface area contributed by atoms with Gasteiger partial charge in [-0.05, 0) is 51.6 Å². The lowest BCUT2D eigenvalue weighted by Gasteiger charge is -2.32. The molecule has 0 N–H and O–H groups in total. The topological polar surface area (TPSA) is 18.5 Å². The predicted octanol–water partition coefficient (Wildman–Crippen LogP) is 5.30. The lowest BCUT2D eigenvalue weighted by atomic mass is 9.76. The highest BCUT2D eigenvalue weighted by Crippen LogP contribution is 2.39. The van der Waals surface area contributed by atoms with E-state index in [0.29, 0.717) is 5.92 Å². The standard InChI is InChI=1S/C21H27BO2/c1-20(2)21(3,4)24-22(23-20)16-15-19(17-11-7-5-8-12-17)18-13-9-6-10-14-18/h5-14,19H,15-16H2,1-4H3. The van der Waals surface area contributed by atoms with E-state index < -0.39 is 0 Å². The van der Waals surface area contributed by atoms with Crippen LogP contribution in [0.3, 0.4) is 0 Å². The van der Waals surface area contributed by atoms with Crippen molar-refractivity contribution in [1.29, 1.82) is 0 Å². The first-order valence-electron chi connectivity index (χ1n) is 8.84. The van der Waals surface area contributed by atoms with Crippen LogP contribution in [0.15, 0.2) is 60.7 Å². The average Bonchev–Trinajstić information content (AvgIpc) is 2.77. The highest BCUT2D eigenvalue weighted by atomic mass is 16.7. The molecule has 2 aromatic carbocycles. The molecule has 2 aromatic rings. The second-order valence-corrected chi connectivity index (χ2v) is 7.64. The molecule has 24 heavy (non-hydrogen) atoms. The van der Waals surface area contributed by atoms with Crippen LogP contribution in [-0.4, -0.2) is 18.3 Å². The first kappa shape index (κ1) is 17.3. The van der Waals surface area contributed by atoms with Crippen LogP contribution >= 0.6 is 0 Å². The van der Waals surface area contributed by atoms with E-state index in [1.54, 1.807) is 0 Å². The number of benzene rings is 2. The molecule has 0 unspecified atom stereocenters. The maximum atomic E-state index is 6.16. The molecule has 0 aliphatic carbocycles. The van der Waals surface area contributed by atoms with Crippen molar-refractivity contribution < 1.29 is 9.31 Å². The third-order valence-corrected chi connectivity index (χ3v) is 5.40. The zero-order valence-electron chi connectivity index (χ0n) is 15.2. The fourth-order valence-electron chi connectivity index (χ4n) is 3.28.